The average molecular weight is 407 g/mol. The predicted molar refractivity (Wildman–Crippen MR) is 108 cm³/mol. The number of ether oxygens (including phenoxy) is 1. The number of allylic oxidation sites excluding steroid dienone is 1. The zero-order chi connectivity index (χ0) is 19.4. The van der Waals surface area contributed by atoms with Gasteiger partial charge in [-0.3, -0.25) is 0 Å². The van der Waals surface area contributed by atoms with Crippen molar-refractivity contribution in [2.45, 2.75) is 44.8 Å². The normalized spacial score (nSPS) is 16.1. The molecular weight excluding hydrogens is 384 g/mol. The summed E-state index contributed by atoms with van der Waals surface area (Å²) in [6, 6.07) is 7.03. The Morgan fingerprint density at radius 2 is 2.19 bits per heavy atom. The van der Waals surface area contributed by atoms with Gasteiger partial charge in [0.15, 0.2) is 0 Å². The van der Waals surface area contributed by atoms with E-state index < -0.39 is 6.04 Å². The van der Waals surface area contributed by atoms with Crippen molar-refractivity contribution in [1.82, 2.24) is 14.8 Å². The van der Waals surface area contributed by atoms with Crippen molar-refractivity contribution in [3.63, 3.8) is 0 Å². The highest BCUT2D eigenvalue weighted by Gasteiger charge is 2.35. The maximum absolute atomic E-state index is 12.8. The number of rotatable bonds is 7. The first-order valence-electron chi connectivity index (χ1n) is 9.04. The Kier molecular flexibility index (Phi) is 6.44. The summed E-state index contributed by atoms with van der Waals surface area (Å²) in [5.74, 6) is 1.20. The van der Waals surface area contributed by atoms with Crippen molar-refractivity contribution in [3.8, 4) is 0 Å². The first kappa shape index (κ1) is 19.8. The minimum absolute atomic E-state index is 0.351. The number of benzene rings is 1. The lowest BCUT2D eigenvalue weighted by Gasteiger charge is -2.28. The van der Waals surface area contributed by atoms with Gasteiger partial charge in [0, 0.05) is 16.5 Å². The Balaban J connectivity index is 2.06. The maximum Gasteiger partial charge on any atom is 0.338 e. The van der Waals surface area contributed by atoms with E-state index in [4.69, 9.17) is 16.3 Å². The van der Waals surface area contributed by atoms with Gasteiger partial charge in [0.1, 0.15) is 6.04 Å². The molecule has 1 unspecified atom stereocenters. The van der Waals surface area contributed by atoms with E-state index >= 15 is 0 Å². The van der Waals surface area contributed by atoms with E-state index in [1.54, 1.807) is 16.4 Å². The van der Waals surface area contributed by atoms with Gasteiger partial charge in [-0.05, 0) is 37.5 Å². The zero-order valence-electron chi connectivity index (χ0n) is 15.7. The van der Waals surface area contributed by atoms with E-state index in [2.05, 4.69) is 22.3 Å². The molecule has 0 fully saturated rings. The Morgan fingerprint density at radius 1 is 1.37 bits per heavy atom. The summed E-state index contributed by atoms with van der Waals surface area (Å²) in [7, 11) is 0. The molecule has 27 heavy (non-hydrogen) atoms. The molecule has 0 radical (unpaired) electrons. The molecule has 0 amide bonds. The second-order valence-electron chi connectivity index (χ2n) is 6.27. The number of aromatic nitrogens is 3. The van der Waals surface area contributed by atoms with Gasteiger partial charge in [-0.15, -0.1) is 5.10 Å². The van der Waals surface area contributed by atoms with E-state index in [9.17, 15) is 4.79 Å². The molecule has 8 heteroatoms. The Labute approximate surface area is 168 Å². The quantitative estimate of drug-likeness (QED) is 0.532. The van der Waals surface area contributed by atoms with E-state index in [0.29, 0.717) is 34.0 Å². The van der Waals surface area contributed by atoms with Gasteiger partial charge in [-0.25, -0.2) is 9.48 Å². The Bertz CT molecular complexity index is 865. The lowest BCUT2D eigenvalue weighted by molar-refractivity contribution is -0.139. The summed E-state index contributed by atoms with van der Waals surface area (Å²) in [6.45, 7) is 6.31. The fraction of sp³-hybridized carbons (Fsp3) is 0.421. The van der Waals surface area contributed by atoms with Crippen LogP contribution in [0.4, 0.5) is 5.95 Å². The minimum Gasteiger partial charge on any atom is -0.462 e. The standard InChI is InChI=1S/C19H23ClN4O2S/c1-4-9-26-17(25)15-12(3)21-18-22-19(27-10-5-2)23-24(18)16(15)13-7-6-8-14(20)11-13/h6-8,11,16H,4-5,9-10H2,1-3H3,(H,21,22,23). The smallest absolute Gasteiger partial charge is 0.338 e. The number of thioether (sulfide) groups is 1. The number of hydrogen-bond donors (Lipinski definition) is 1. The molecule has 0 aliphatic carbocycles. The number of esters is 1. The summed E-state index contributed by atoms with van der Waals surface area (Å²) in [5.41, 5.74) is 2.10. The van der Waals surface area contributed by atoms with Gasteiger partial charge in [-0.1, -0.05) is 49.3 Å². The molecular formula is C19H23ClN4O2S. The molecule has 0 bridgehead atoms. The molecule has 0 saturated heterocycles. The molecule has 2 aromatic rings. The van der Waals surface area contributed by atoms with Gasteiger partial charge >= 0.3 is 5.97 Å². The van der Waals surface area contributed by atoms with Crippen molar-refractivity contribution < 1.29 is 9.53 Å². The molecule has 1 aromatic carbocycles. The number of anilines is 1. The van der Waals surface area contributed by atoms with E-state index in [0.717, 1.165) is 24.2 Å². The van der Waals surface area contributed by atoms with E-state index in [-0.39, 0.29) is 5.97 Å². The van der Waals surface area contributed by atoms with E-state index in [1.165, 1.54) is 0 Å². The molecule has 2 heterocycles. The summed E-state index contributed by atoms with van der Waals surface area (Å²) in [4.78, 5) is 17.4. The molecule has 144 valence electrons. The van der Waals surface area contributed by atoms with Crippen LogP contribution in [-0.4, -0.2) is 33.1 Å². The molecule has 1 atom stereocenters. The number of hydrogen-bond acceptors (Lipinski definition) is 6. The van der Waals surface area contributed by atoms with Crippen LogP contribution in [0.25, 0.3) is 0 Å². The second-order valence-corrected chi connectivity index (χ2v) is 7.77. The first-order chi connectivity index (χ1) is 13.0. The molecule has 1 aliphatic rings. The van der Waals surface area contributed by atoms with Crippen LogP contribution in [0.15, 0.2) is 40.7 Å². The van der Waals surface area contributed by atoms with Crippen LogP contribution in [0.2, 0.25) is 5.02 Å². The molecule has 1 aromatic heterocycles. The molecule has 0 saturated carbocycles. The third kappa shape index (κ3) is 4.30. The summed E-state index contributed by atoms with van der Waals surface area (Å²) >= 11 is 7.81. The third-order valence-corrected chi connectivity index (χ3v) is 5.37. The first-order valence-corrected chi connectivity index (χ1v) is 10.4. The van der Waals surface area contributed by atoms with Crippen LogP contribution >= 0.6 is 23.4 Å². The highest BCUT2D eigenvalue weighted by atomic mass is 35.5. The van der Waals surface area contributed by atoms with Crippen LogP contribution < -0.4 is 5.32 Å². The van der Waals surface area contributed by atoms with Crippen LogP contribution in [0.3, 0.4) is 0 Å². The SMILES string of the molecule is CCCOC(=O)C1=C(C)Nc2nc(SCCC)nn2C1c1cccc(Cl)c1. The van der Waals surface area contributed by atoms with Crippen molar-refractivity contribution in [2.24, 2.45) is 0 Å². The lowest BCUT2D eigenvalue weighted by atomic mass is 9.96. The number of carbonyl (C=O) groups is 1. The van der Waals surface area contributed by atoms with Crippen molar-refractivity contribution >= 4 is 35.3 Å². The van der Waals surface area contributed by atoms with Crippen LogP contribution in [-0.2, 0) is 9.53 Å². The second kappa shape index (κ2) is 8.80. The Morgan fingerprint density at radius 3 is 2.89 bits per heavy atom. The highest BCUT2D eigenvalue weighted by Crippen LogP contribution is 2.37. The number of halogens is 1. The van der Waals surface area contributed by atoms with Crippen molar-refractivity contribution in [2.75, 3.05) is 17.7 Å². The molecule has 6 nitrogen and oxygen atoms in total. The largest absolute Gasteiger partial charge is 0.462 e. The fourth-order valence-corrected chi connectivity index (χ4v) is 3.79. The fourth-order valence-electron chi connectivity index (χ4n) is 2.91. The van der Waals surface area contributed by atoms with Gasteiger partial charge in [0.05, 0.1) is 12.2 Å². The minimum atomic E-state index is -0.437. The number of carbonyl (C=O) groups excluding carboxylic acids is 1. The third-order valence-electron chi connectivity index (χ3n) is 4.09. The molecule has 1 N–H and O–H groups in total. The predicted octanol–water partition coefficient (Wildman–Crippen LogP) is 4.68. The van der Waals surface area contributed by atoms with Crippen molar-refractivity contribution in [1.29, 1.82) is 0 Å². The van der Waals surface area contributed by atoms with Crippen LogP contribution in [0.1, 0.15) is 45.2 Å². The van der Waals surface area contributed by atoms with Gasteiger partial charge in [0.2, 0.25) is 11.1 Å². The maximum atomic E-state index is 12.8. The van der Waals surface area contributed by atoms with Gasteiger partial charge < -0.3 is 10.1 Å². The van der Waals surface area contributed by atoms with E-state index in [1.807, 2.05) is 38.1 Å². The zero-order valence-corrected chi connectivity index (χ0v) is 17.2. The number of fused-ring (bicyclic) bond motifs is 1. The van der Waals surface area contributed by atoms with Gasteiger partial charge in [0.25, 0.3) is 0 Å². The topological polar surface area (TPSA) is 69.0 Å². The monoisotopic (exact) mass is 406 g/mol. The summed E-state index contributed by atoms with van der Waals surface area (Å²) in [6.07, 6.45) is 1.80. The van der Waals surface area contributed by atoms with Crippen LogP contribution in [0, 0.1) is 0 Å². The van der Waals surface area contributed by atoms with Crippen LogP contribution in [0.5, 0.6) is 0 Å². The Hall–Kier alpha value is -1.99. The molecule has 1 aliphatic heterocycles. The summed E-state index contributed by atoms with van der Waals surface area (Å²) in [5, 5.41) is 9.13. The summed E-state index contributed by atoms with van der Waals surface area (Å²) < 4.78 is 7.18. The van der Waals surface area contributed by atoms with Gasteiger partial charge in [-0.2, -0.15) is 4.98 Å². The highest BCUT2D eigenvalue weighted by molar-refractivity contribution is 7.99. The molecule has 0 spiro atoms. The molecule has 3 rings (SSSR count). The van der Waals surface area contributed by atoms with Crippen molar-refractivity contribution in [3.05, 3.63) is 46.1 Å². The number of nitrogens with zero attached hydrogens (tertiary/aromatic N) is 3. The average Bonchev–Trinajstić information content (AvgIpc) is 3.05. The number of nitrogens with one attached hydrogen (secondary N) is 1. The lowest BCUT2D eigenvalue weighted by Crippen LogP contribution is -2.29.